The molecule has 0 spiro atoms. The van der Waals surface area contributed by atoms with Gasteiger partial charge >= 0.3 is 17.9 Å². The molecule has 0 aromatic heterocycles. The molecular weight excluding hydrogens is 340 g/mol. The van der Waals surface area contributed by atoms with E-state index in [-0.39, 0.29) is 4.16 Å². The van der Waals surface area contributed by atoms with Gasteiger partial charge in [0.15, 0.2) is 18.3 Å². The molecule has 0 amide bonds. The molecule has 0 N–H and O–H groups in total. The maximum atomic E-state index is 11.2. The Bertz CT molecular complexity index is 374. The number of ether oxygens (including phenoxy) is 3. The van der Waals surface area contributed by atoms with Gasteiger partial charge in [-0.05, 0) is 0 Å². The Morgan fingerprint density at radius 2 is 1.42 bits per heavy atom. The topological polar surface area (TPSA) is 78.9 Å². The van der Waals surface area contributed by atoms with Gasteiger partial charge in [-0.1, -0.05) is 15.9 Å². The molecule has 108 valence electrons. The summed E-state index contributed by atoms with van der Waals surface area (Å²) in [5, 5.41) is 0. The summed E-state index contributed by atoms with van der Waals surface area (Å²) in [7, 11) is 0. The lowest BCUT2D eigenvalue weighted by Crippen LogP contribution is -2.52. The van der Waals surface area contributed by atoms with E-state index in [9.17, 15) is 14.4 Å². The van der Waals surface area contributed by atoms with Crippen LogP contribution in [0.15, 0.2) is 0 Å². The summed E-state index contributed by atoms with van der Waals surface area (Å²) < 4.78 is 15.2. The number of halogens is 1. The van der Waals surface area contributed by atoms with E-state index in [2.05, 4.69) is 15.9 Å². The standard InChI is InChI=1S/C11H15BrO6S/c1-5(13)16-8-4-19-11(12)10(18-7(3)15)9(8)17-6(2)14/h8-11H,4H2,1-3H3/t8-,9+,10-,11+/m1/s1. The molecule has 1 fully saturated rings. The molecule has 0 saturated carbocycles. The van der Waals surface area contributed by atoms with Crippen LogP contribution in [0.1, 0.15) is 20.8 Å². The summed E-state index contributed by atoms with van der Waals surface area (Å²) in [5.74, 6) is -1.04. The molecule has 4 atom stereocenters. The van der Waals surface area contributed by atoms with Gasteiger partial charge in [0.1, 0.15) is 4.16 Å². The van der Waals surface area contributed by atoms with Crippen LogP contribution in [-0.2, 0) is 28.6 Å². The highest BCUT2D eigenvalue weighted by atomic mass is 79.9. The SMILES string of the molecule is CC(=O)O[C@@H]1[C@@H](OC(C)=O)[C@@H](Br)SC[C@H]1OC(C)=O. The van der Waals surface area contributed by atoms with Gasteiger partial charge in [0, 0.05) is 26.5 Å². The Labute approximate surface area is 123 Å². The average Bonchev–Trinajstić information content (AvgIpc) is 2.25. The van der Waals surface area contributed by atoms with Crippen molar-refractivity contribution in [2.24, 2.45) is 0 Å². The Morgan fingerprint density at radius 3 is 1.89 bits per heavy atom. The molecule has 19 heavy (non-hydrogen) atoms. The van der Waals surface area contributed by atoms with Crippen molar-refractivity contribution in [1.82, 2.24) is 0 Å². The molecule has 0 aliphatic carbocycles. The van der Waals surface area contributed by atoms with Gasteiger partial charge < -0.3 is 14.2 Å². The molecule has 0 bridgehead atoms. The summed E-state index contributed by atoms with van der Waals surface area (Å²) in [5.41, 5.74) is 0. The third-order valence-corrected chi connectivity index (χ3v) is 4.71. The molecular formula is C11H15BrO6S. The van der Waals surface area contributed by atoms with Crippen LogP contribution in [0.5, 0.6) is 0 Å². The van der Waals surface area contributed by atoms with Crippen LogP contribution in [0.4, 0.5) is 0 Å². The monoisotopic (exact) mass is 354 g/mol. The van der Waals surface area contributed by atoms with Gasteiger partial charge in [-0.3, -0.25) is 14.4 Å². The summed E-state index contributed by atoms with van der Waals surface area (Å²) in [6, 6.07) is 0. The molecule has 0 aromatic carbocycles. The van der Waals surface area contributed by atoms with E-state index >= 15 is 0 Å². The molecule has 0 aromatic rings. The van der Waals surface area contributed by atoms with Crippen molar-refractivity contribution in [3.63, 3.8) is 0 Å². The van der Waals surface area contributed by atoms with Crippen LogP contribution in [0.2, 0.25) is 0 Å². The van der Waals surface area contributed by atoms with Crippen LogP contribution in [0, 0.1) is 0 Å². The summed E-state index contributed by atoms with van der Waals surface area (Å²) in [6.45, 7) is 3.79. The van der Waals surface area contributed by atoms with Crippen molar-refractivity contribution >= 4 is 45.6 Å². The van der Waals surface area contributed by atoms with E-state index in [0.717, 1.165) is 0 Å². The third-order valence-electron chi connectivity index (χ3n) is 2.29. The lowest BCUT2D eigenvalue weighted by atomic mass is 10.1. The lowest BCUT2D eigenvalue weighted by Gasteiger charge is -2.38. The maximum absolute atomic E-state index is 11.2. The fourth-order valence-corrected chi connectivity index (χ4v) is 3.60. The first-order valence-electron chi connectivity index (χ1n) is 5.58. The maximum Gasteiger partial charge on any atom is 0.303 e. The Balaban J connectivity index is 2.89. The number of carbonyl (C=O) groups is 3. The second kappa shape index (κ2) is 7.14. The minimum absolute atomic E-state index is 0.229. The fourth-order valence-electron chi connectivity index (χ4n) is 1.70. The first-order chi connectivity index (χ1) is 8.81. The van der Waals surface area contributed by atoms with E-state index in [1.54, 1.807) is 0 Å². The van der Waals surface area contributed by atoms with Crippen LogP contribution in [-0.4, -0.2) is 46.1 Å². The minimum Gasteiger partial charge on any atom is -0.458 e. The van der Waals surface area contributed by atoms with Gasteiger partial charge in [-0.25, -0.2) is 0 Å². The smallest absolute Gasteiger partial charge is 0.303 e. The molecule has 6 nitrogen and oxygen atoms in total. The molecule has 1 rings (SSSR count). The molecule has 8 heteroatoms. The molecule has 1 saturated heterocycles. The predicted octanol–water partition coefficient (Wildman–Crippen LogP) is 1.25. The van der Waals surface area contributed by atoms with Crippen molar-refractivity contribution in [1.29, 1.82) is 0 Å². The molecule has 0 unspecified atom stereocenters. The fraction of sp³-hybridized carbons (Fsp3) is 0.727. The van der Waals surface area contributed by atoms with Crippen molar-refractivity contribution < 1.29 is 28.6 Å². The number of hydrogen-bond acceptors (Lipinski definition) is 7. The normalized spacial score (nSPS) is 30.3. The predicted molar refractivity (Wildman–Crippen MR) is 71.8 cm³/mol. The molecule has 1 heterocycles. The number of carbonyl (C=O) groups excluding carboxylic acids is 3. The van der Waals surface area contributed by atoms with E-state index in [4.69, 9.17) is 14.2 Å². The number of rotatable bonds is 3. The Morgan fingerprint density at radius 1 is 0.947 bits per heavy atom. The Hall–Kier alpha value is -0.760. The van der Waals surface area contributed by atoms with Gasteiger partial charge in [-0.2, -0.15) is 0 Å². The second-order valence-electron chi connectivity index (χ2n) is 3.98. The Kier molecular flexibility index (Phi) is 6.12. The zero-order chi connectivity index (χ0) is 14.6. The van der Waals surface area contributed by atoms with Gasteiger partial charge in [-0.15, -0.1) is 11.8 Å². The van der Waals surface area contributed by atoms with Crippen LogP contribution in [0.25, 0.3) is 0 Å². The summed E-state index contributed by atoms with van der Waals surface area (Å²) in [4.78, 5) is 33.3. The van der Waals surface area contributed by atoms with E-state index < -0.39 is 36.2 Å². The molecule has 1 aliphatic rings. The summed E-state index contributed by atoms with van der Waals surface area (Å²) >= 11 is 4.78. The van der Waals surface area contributed by atoms with Crippen molar-refractivity contribution in [3.05, 3.63) is 0 Å². The highest BCUT2D eigenvalue weighted by Gasteiger charge is 2.45. The van der Waals surface area contributed by atoms with Gasteiger partial charge in [0.2, 0.25) is 0 Å². The van der Waals surface area contributed by atoms with Crippen molar-refractivity contribution in [2.75, 3.05) is 5.75 Å². The van der Waals surface area contributed by atoms with E-state index in [0.29, 0.717) is 5.75 Å². The number of alkyl halides is 1. The zero-order valence-electron chi connectivity index (χ0n) is 10.8. The van der Waals surface area contributed by atoms with E-state index in [1.165, 1.54) is 32.5 Å². The van der Waals surface area contributed by atoms with Crippen LogP contribution in [0.3, 0.4) is 0 Å². The first kappa shape index (κ1) is 16.3. The first-order valence-corrected chi connectivity index (χ1v) is 7.55. The number of hydrogen-bond donors (Lipinski definition) is 0. The lowest BCUT2D eigenvalue weighted by molar-refractivity contribution is -0.180. The number of esters is 3. The van der Waals surface area contributed by atoms with Crippen molar-refractivity contribution in [2.45, 2.75) is 43.2 Å². The molecule has 1 aliphatic heterocycles. The highest BCUT2D eigenvalue weighted by Crippen LogP contribution is 2.35. The number of thioether (sulfide) groups is 1. The van der Waals surface area contributed by atoms with Gasteiger partial charge in [0.05, 0.1) is 0 Å². The van der Waals surface area contributed by atoms with Gasteiger partial charge in [0.25, 0.3) is 0 Å². The molecule has 0 radical (unpaired) electrons. The van der Waals surface area contributed by atoms with Crippen molar-refractivity contribution in [3.8, 4) is 0 Å². The minimum atomic E-state index is -0.809. The second-order valence-corrected chi connectivity index (χ2v) is 6.75. The zero-order valence-corrected chi connectivity index (χ0v) is 13.2. The van der Waals surface area contributed by atoms with Crippen LogP contribution >= 0.6 is 27.7 Å². The van der Waals surface area contributed by atoms with Crippen LogP contribution < -0.4 is 0 Å². The highest BCUT2D eigenvalue weighted by molar-refractivity contribution is 9.11. The van der Waals surface area contributed by atoms with E-state index in [1.807, 2.05) is 0 Å². The largest absolute Gasteiger partial charge is 0.458 e. The quantitative estimate of drug-likeness (QED) is 0.428. The summed E-state index contributed by atoms with van der Waals surface area (Å²) in [6.07, 6.45) is -2.15. The third kappa shape index (κ3) is 5.02. The average molecular weight is 355 g/mol.